The van der Waals surface area contributed by atoms with Crippen LogP contribution in [0, 0.1) is 5.95 Å². The molecule has 0 saturated carbocycles. The minimum Gasteiger partial charge on any atom is -0.491 e. The number of nitrogens with zero attached hydrogens (tertiary/aromatic N) is 3. The SMILES string of the molecule is C[C@H](Nc1ccc2c(c1)OCCn1c-2nc(N2C(=C=O)OC[C@H]2C(F)F)c1F)C(N)=O. The summed E-state index contributed by atoms with van der Waals surface area (Å²) in [4.78, 5) is 27.4. The van der Waals surface area contributed by atoms with E-state index in [9.17, 15) is 18.4 Å². The van der Waals surface area contributed by atoms with Gasteiger partial charge in [-0.1, -0.05) is 0 Å². The highest BCUT2D eigenvalue weighted by molar-refractivity contribution is 5.83. The summed E-state index contributed by atoms with van der Waals surface area (Å²) in [6.07, 6.45) is -2.90. The molecule has 1 aromatic heterocycles. The first-order valence-electron chi connectivity index (χ1n) is 9.36. The molecule has 12 heteroatoms. The van der Waals surface area contributed by atoms with Crippen molar-refractivity contribution in [3.05, 3.63) is 30.0 Å². The van der Waals surface area contributed by atoms with Crippen molar-refractivity contribution in [3.63, 3.8) is 0 Å². The van der Waals surface area contributed by atoms with Gasteiger partial charge in [0.05, 0.1) is 12.1 Å². The van der Waals surface area contributed by atoms with Crippen LogP contribution in [0.5, 0.6) is 5.75 Å². The highest BCUT2D eigenvalue weighted by Gasteiger charge is 2.42. The number of fused-ring (bicyclic) bond motifs is 3. The van der Waals surface area contributed by atoms with Crippen molar-refractivity contribution >= 4 is 23.4 Å². The number of primary amides is 1. The number of nitrogens with one attached hydrogen (secondary N) is 1. The number of carbonyl (C=O) groups excluding carboxylic acids is 2. The second-order valence-corrected chi connectivity index (χ2v) is 7.02. The summed E-state index contributed by atoms with van der Waals surface area (Å²) in [6, 6.07) is 2.63. The van der Waals surface area contributed by atoms with Crippen LogP contribution in [0.2, 0.25) is 0 Å². The van der Waals surface area contributed by atoms with Crippen LogP contribution >= 0.6 is 0 Å². The lowest BCUT2D eigenvalue weighted by Gasteiger charge is -2.19. The van der Waals surface area contributed by atoms with Gasteiger partial charge in [0.1, 0.15) is 36.9 Å². The fourth-order valence-electron chi connectivity index (χ4n) is 3.44. The Kier molecular flexibility index (Phi) is 5.24. The lowest BCUT2D eigenvalue weighted by atomic mass is 10.1. The third-order valence-electron chi connectivity index (χ3n) is 5.04. The van der Waals surface area contributed by atoms with Gasteiger partial charge < -0.3 is 20.5 Å². The van der Waals surface area contributed by atoms with Crippen LogP contribution < -0.4 is 20.7 Å². The molecule has 2 atom stereocenters. The molecule has 4 rings (SSSR count). The molecule has 2 aliphatic rings. The summed E-state index contributed by atoms with van der Waals surface area (Å²) in [5.74, 6) is -0.530. The van der Waals surface area contributed by atoms with Crippen LogP contribution in [0.4, 0.5) is 24.7 Å². The van der Waals surface area contributed by atoms with E-state index in [0.29, 0.717) is 17.0 Å². The second-order valence-electron chi connectivity index (χ2n) is 7.02. The molecule has 1 fully saturated rings. The van der Waals surface area contributed by atoms with Crippen LogP contribution in [0.15, 0.2) is 24.1 Å². The Bertz CT molecular complexity index is 1080. The number of nitrogens with two attached hydrogens (primary N) is 1. The standard InChI is InChI=1S/C19H18F3N5O4/c1-9(17(23)29)24-10-2-3-11-13(6-10)30-5-4-26-16(22)19(25-18(11)26)27-12(15(20)21)8-31-14(27)7-28/h2-3,6,9,12,15,24H,4-5,8H2,1H3,(H2,23,29)/t9-,12-/m0/s1. The molecule has 0 bridgehead atoms. The van der Waals surface area contributed by atoms with E-state index >= 15 is 4.39 Å². The van der Waals surface area contributed by atoms with Crippen molar-refractivity contribution < 1.29 is 32.2 Å². The van der Waals surface area contributed by atoms with E-state index in [4.69, 9.17) is 15.2 Å². The molecule has 0 spiro atoms. The van der Waals surface area contributed by atoms with Crippen LogP contribution in [0.3, 0.4) is 0 Å². The highest BCUT2D eigenvalue weighted by atomic mass is 19.3. The number of aromatic nitrogens is 2. The molecule has 31 heavy (non-hydrogen) atoms. The number of hydrogen-bond acceptors (Lipinski definition) is 7. The van der Waals surface area contributed by atoms with E-state index in [1.807, 2.05) is 0 Å². The average molecular weight is 437 g/mol. The summed E-state index contributed by atoms with van der Waals surface area (Å²) in [6.45, 7) is 1.24. The zero-order valence-electron chi connectivity index (χ0n) is 16.3. The normalized spacial score (nSPS) is 18.4. The van der Waals surface area contributed by atoms with E-state index in [1.54, 1.807) is 25.1 Å². The number of rotatable bonds is 5. The fraction of sp³-hybridized carbons (Fsp3) is 0.368. The molecule has 3 heterocycles. The van der Waals surface area contributed by atoms with Gasteiger partial charge in [0.15, 0.2) is 11.8 Å². The first kappa shape index (κ1) is 20.6. The molecule has 1 saturated heterocycles. The minimum absolute atomic E-state index is 0.0531. The third kappa shape index (κ3) is 3.55. The number of imidazole rings is 1. The molecular formula is C19H18F3N5O4. The Morgan fingerprint density at radius 2 is 2.16 bits per heavy atom. The smallest absolute Gasteiger partial charge is 0.284 e. The van der Waals surface area contributed by atoms with Crippen molar-refractivity contribution in [2.24, 2.45) is 5.73 Å². The van der Waals surface area contributed by atoms with Gasteiger partial charge >= 0.3 is 0 Å². The average Bonchev–Trinajstić information content (AvgIpc) is 3.24. The maximum atomic E-state index is 15.2. The van der Waals surface area contributed by atoms with Gasteiger partial charge in [-0.25, -0.2) is 18.6 Å². The van der Waals surface area contributed by atoms with Crippen molar-refractivity contribution in [2.75, 3.05) is 23.4 Å². The minimum atomic E-state index is -2.90. The number of amides is 1. The predicted molar refractivity (Wildman–Crippen MR) is 103 cm³/mol. The molecule has 3 N–H and O–H groups in total. The van der Waals surface area contributed by atoms with Crippen molar-refractivity contribution in [1.82, 2.24) is 9.55 Å². The van der Waals surface area contributed by atoms with E-state index in [2.05, 4.69) is 10.3 Å². The van der Waals surface area contributed by atoms with Gasteiger partial charge in [-0.3, -0.25) is 14.3 Å². The van der Waals surface area contributed by atoms with Gasteiger partial charge in [-0.05, 0) is 19.1 Å². The van der Waals surface area contributed by atoms with Gasteiger partial charge in [0.2, 0.25) is 11.9 Å². The fourth-order valence-corrected chi connectivity index (χ4v) is 3.44. The molecule has 0 radical (unpaired) electrons. The molecular weight excluding hydrogens is 419 g/mol. The third-order valence-corrected chi connectivity index (χ3v) is 5.04. The quantitative estimate of drug-likeness (QED) is 0.682. The number of carbonyl (C=O) groups is 1. The summed E-state index contributed by atoms with van der Waals surface area (Å²) < 4.78 is 53.9. The van der Waals surface area contributed by atoms with Gasteiger partial charge in [0, 0.05) is 11.8 Å². The first-order valence-corrected chi connectivity index (χ1v) is 9.36. The van der Waals surface area contributed by atoms with Crippen molar-refractivity contribution in [2.45, 2.75) is 32.0 Å². The molecule has 1 aromatic carbocycles. The number of hydrogen-bond donors (Lipinski definition) is 2. The lowest BCUT2D eigenvalue weighted by Crippen LogP contribution is -2.37. The molecule has 164 valence electrons. The predicted octanol–water partition coefficient (Wildman–Crippen LogP) is 1.51. The Hall–Kier alpha value is -3.66. The Balaban J connectivity index is 1.76. The number of anilines is 2. The molecule has 0 unspecified atom stereocenters. The van der Waals surface area contributed by atoms with Gasteiger partial charge in [0.25, 0.3) is 12.3 Å². The number of alkyl halides is 2. The lowest BCUT2D eigenvalue weighted by molar-refractivity contribution is -0.118. The highest BCUT2D eigenvalue weighted by Crippen LogP contribution is 2.39. The number of halogens is 3. The van der Waals surface area contributed by atoms with Gasteiger partial charge in [-0.2, -0.15) is 4.39 Å². The van der Waals surface area contributed by atoms with E-state index in [-0.39, 0.29) is 19.0 Å². The largest absolute Gasteiger partial charge is 0.491 e. The molecule has 2 aromatic rings. The maximum absolute atomic E-state index is 15.2. The second kappa shape index (κ2) is 7.88. The molecule has 0 aliphatic carbocycles. The van der Waals surface area contributed by atoms with Crippen LogP contribution in [0.1, 0.15) is 6.92 Å². The summed E-state index contributed by atoms with van der Waals surface area (Å²) >= 11 is 0. The number of benzene rings is 1. The summed E-state index contributed by atoms with van der Waals surface area (Å²) in [7, 11) is 0. The summed E-state index contributed by atoms with van der Waals surface area (Å²) in [5, 5.41) is 2.92. The Labute approximate surface area is 174 Å². The van der Waals surface area contributed by atoms with Crippen LogP contribution in [-0.2, 0) is 20.9 Å². The van der Waals surface area contributed by atoms with E-state index in [1.165, 1.54) is 10.5 Å². The Morgan fingerprint density at radius 3 is 2.84 bits per heavy atom. The van der Waals surface area contributed by atoms with Crippen molar-refractivity contribution in [1.29, 1.82) is 0 Å². The molecule has 1 amide bonds. The van der Waals surface area contributed by atoms with Crippen molar-refractivity contribution in [3.8, 4) is 17.1 Å². The molecule has 2 aliphatic heterocycles. The maximum Gasteiger partial charge on any atom is 0.284 e. The van der Waals surface area contributed by atoms with Crippen LogP contribution in [-0.4, -0.2) is 53.1 Å². The Morgan fingerprint density at radius 1 is 1.39 bits per heavy atom. The first-order chi connectivity index (χ1) is 14.8. The molecule has 9 nitrogen and oxygen atoms in total. The summed E-state index contributed by atoms with van der Waals surface area (Å²) in [5.41, 5.74) is 6.21. The number of ether oxygens (including phenoxy) is 2. The van der Waals surface area contributed by atoms with Crippen LogP contribution in [0.25, 0.3) is 11.4 Å². The van der Waals surface area contributed by atoms with Gasteiger partial charge in [-0.15, -0.1) is 0 Å². The van der Waals surface area contributed by atoms with E-state index in [0.717, 1.165) is 4.90 Å². The zero-order chi connectivity index (χ0) is 22.3. The van der Waals surface area contributed by atoms with E-state index < -0.39 is 48.7 Å². The zero-order valence-corrected chi connectivity index (χ0v) is 16.3. The topological polar surface area (TPSA) is 112 Å². The monoisotopic (exact) mass is 437 g/mol.